The van der Waals surface area contributed by atoms with E-state index in [-0.39, 0.29) is 0 Å². The minimum atomic E-state index is 0.659. The van der Waals surface area contributed by atoms with E-state index in [9.17, 15) is 0 Å². The molecular formula is C12H25N3S. The van der Waals surface area contributed by atoms with Gasteiger partial charge in [0.15, 0.2) is 0 Å². The van der Waals surface area contributed by atoms with Crippen molar-refractivity contribution in [1.29, 1.82) is 0 Å². The molecule has 0 radical (unpaired) electrons. The molecule has 0 aromatic rings. The summed E-state index contributed by atoms with van der Waals surface area (Å²) in [6, 6.07) is 0.785. The zero-order valence-corrected chi connectivity index (χ0v) is 11.4. The van der Waals surface area contributed by atoms with Crippen LogP contribution in [-0.2, 0) is 0 Å². The fourth-order valence-corrected chi connectivity index (χ4v) is 2.44. The van der Waals surface area contributed by atoms with Crippen molar-refractivity contribution >= 4 is 17.2 Å². The van der Waals surface area contributed by atoms with E-state index in [1.165, 1.54) is 38.9 Å². The van der Waals surface area contributed by atoms with Crippen molar-refractivity contribution < 1.29 is 0 Å². The van der Waals surface area contributed by atoms with Gasteiger partial charge in [-0.05, 0) is 65.8 Å². The van der Waals surface area contributed by atoms with Gasteiger partial charge in [-0.2, -0.15) is 0 Å². The molecule has 0 unspecified atom stereocenters. The summed E-state index contributed by atoms with van der Waals surface area (Å²) in [6.07, 6.45) is 5.89. The SMILES string of the molecule is CN(C)C1CCN(CCCCC(N)=S)CC1. The van der Waals surface area contributed by atoms with E-state index in [2.05, 4.69) is 23.9 Å². The molecule has 1 saturated heterocycles. The van der Waals surface area contributed by atoms with Crippen LogP contribution in [-0.4, -0.2) is 54.6 Å². The number of nitrogens with two attached hydrogens (primary N) is 1. The summed E-state index contributed by atoms with van der Waals surface area (Å²) in [4.78, 5) is 5.58. The maximum atomic E-state index is 5.48. The second-order valence-electron chi connectivity index (χ2n) is 4.96. The number of likely N-dealkylation sites (tertiary alicyclic amines) is 1. The second kappa shape index (κ2) is 7.20. The standard InChI is InChI=1S/C12H25N3S/c1-14(2)11-6-9-15(10-7-11)8-4-3-5-12(13)16/h11H,3-10H2,1-2H3,(H2,13,16). The van der Waals surface area contributed by atoms with Crippen LogP contribution in [0.1, 0.15) is 32.1 Å². The van der Waals surface area contributed by atoms with Crippen molar-refractivity contribution in [2.24, 2.45) is 5.73 Å². The van der Waals surface area contributed by atoms with Gasteiger partial charge in [0.25, 0.3) is 0 Å². The molecule has 0 aromatic heterocycles. The minimum absolute atomic E-state index is 0.659. The van der Waals surface area contributed by atoms with Crippen molar-refractivity contribution in [2.75, 3.05) is 33.7 Å². The van der Waals surface area contributed by atoms with Crippen LogP contribution >= 0.6 is 12.2 Å². The van der Waals surface area contributed by atoms with E-state index in [0.717, 1.165) is 18.9 Å². The highest BCUT2D eigenvalue weighted by Crippen LogP contribution is 2.14. The Morgan fingerprint density at radius 2 is 1.94 bits per heavy atom. The first-order chi connectivity index (χ1) is 7.59. The average molecular weight is 243 g/mol. The Bertz CT molecular complexity index is 210. The Hall–Kier alpha value is -0.190. The van der Waals surface area contributed by atoms with Gasteiger partial charge in [-0.3, -0.25) is 0 Å². The summed E-state index contributed by atoms with van der Waals surface area (Å²) in [5.41, 5.74) is 5.48. The molecule has 0 spiro atoms. The van der Waals surface area contributed by atoms with Gasteiger partial charge in [0, 0.05) is 6.04 Å². The molecule has 0 atom stereocenters. The number of thiocarbonyl (C=S) groups is 1. The lowest BCUT2D eigenvalue weighted by molar-refractivity contribution is 0.143. The number of unbranched alkanes of at least 4 members (excludes halogenated alkanes) is 1. The van der Waals surface area contributed by atoms with Crippen molar-refractivity contribution in [3.05, 3.63) is 0 Å². The third-order valence-electron chi connectivity index (χ3n) is 3.43. The maximum Gasteiger partial charge on any atom is 0.0727 e. The lowest BCUT2D eigenvalue weighted by Crippen LogP contribution is -2.42. The molecule has 3 nitrogen and oxygen atoms in total. The summed E-state index contributed by atoms with van der Waals surface area (Å²) in [6.45, 7) is 3.70. The van der Waals surface area contributed by atoms with Crippen molar-refractivity contribution in [3.63, 3.8) is 0 Å². The van der Waals surface area contributed by atoms with E-state index < -0.39 is 0 Å². The van der Waals surface area contributed by atoms with Gasteiger partial charge >= 0.3 is 0 Å². The van der Waals surface area contributed by atoms with Crippen LogP contribution in [0.5, 0.6) is 0 Å². The topological polar surface area (TPSA) is 32.5 Å². The third-order valence-corrected chi connectivity index (χ3v) is 3.64. The summed E-state index contributed by atoms with van der Waals surface area (Å²) >= 11 is 4.87. The first-order valence-electron chi connectivity index (χ1n) is 6.26. The first kappa shape index (κ1) is 13.9. The molecule has 0 aliphatic carbocycles. The minimum Gasteiger partial charge on any atom is -0.393 e. The quantitative estimate of drug-likeness (QED) is 0.566. The fraction of sp³-hybridized carbons (Fsp3) is 0.917. The molecule has 94 valence electrons. The van der Waals surface area contributed by atoms with E-state index in [1.807, 2.05) is 0 Å². The Morgan fingerprint density at radius 1 is 1.31 bits per heavy atom. The van der Waals surface area contributed by atoms with Gasteiger partial charge in [0.05, 0.1) is 4.99 Å². The lowest BCUT2D eigenvalue weighted by Gasteiger charge is -2.35. The summed E-state index contributed by atoms with van der Waals surface area (Å²) in [5.74, 6) is 0. The van der Waals surface area contributed by atoms with Crippen molar-refractivity contribution in [1.82, 2.24) is 9.80 Å². The highest BCUT2D eigenvalue weighted by Gasteiger charge is 2.19. The Labute approximate surface area is 105 Å². The van der Waals surface area contributed by atoms with Crippen LogP contribution in [0, 0.1) is 0 Å². The van der Waals surface area contributed by atoms with E-state index in [0.29, 0.717) is 4.99 Å². The normalized spacial score (nSPS) is 19.2. The van der Waals surface area contributed by atoms with Crippen LogP contribution in [0.4, 0.5) is 0 Å². The first-order valence-corrected chi connectivity index (χ1v) is 6.67. The molecule has 1 aliphatic rings. The molecule has 0 aromatic carbocycles. The van der Waals surface area contributed by atoms with Crippen LogP contribution in [0.15, 0.2) is 0 Å². The molecule has 0 saturated carbocycles. The molecule has 2 N–H and O–H groups in total. The predicted molar refractivity (Wildman–Crippen MR) is 73.8 cm³/mol. The molecular weight excluding hydrogens is 218 g/mol. The summed E-state index contributed by atoms with van der Waals surface area (Å²) in [5, 5.41) is 0. The fourth-order valence-electron chi connectivity index (χ4n) is 2.29. The molecule has 1 aliphatic heterocycles. The largest absolute Gasteiger partial charge is 0.393 e. The monoisotopic (exact) mass is 243 g/mol. The Balaban J connectivity index is 2.06. The zero-order valence-electron chi connectivity index (χ0n) is 10.6. The second-order valence-corrected chi connectivity index (χ2v) is 5.48. The maximum absolute atomic E-state index is 5.48. The number of rotatable bonds is 6. The Kier molecular flexibility index (Phi) is 6.24. The van der Waals surface area contributed by atoms with Crippen LogP contribution in [0.25, 0.3) is 0 Å². The van der Waals surface area contributed by atoms with Gasteiger partial charge in [0.2, 0.25) is 0 Å². The highest BCUT2D eigenvalue weighted by atomic mass is 32.1. The van der Waals surface area contributed by atoms with E-state index in [4.69, 9.17) is 18.0 Å². The predicted octanol–water partition coefficient (Wildman–Crippen LogP) is 1.47. The molecule has 0 bridgehead atoms. The molecule has 0 amide bonds. The van der Waals surface area contributed by atoms with Crippen LogP contribution in [0.3, 0.4) is 0 Å². The molecule has 1 fully saturated rings. The van der Waals surface area contributed by atoms with Gasteiger partial charge in [-0.1, -0.05) is 12.2 Å². The van der Waals surface area contributed by atoms with Crippen molar-refractivity contribution in [2.45, 2.75) is 38.1 Å². The van der Waals surface area contributed by atoms with E-state index >= 15 is 0 Å². The molecule has 4 heteroatoms. The highest BCUT2D eigenvalue weighted by molar-refractivity contribution is 7.80. The van der Waals surface area contributed by atoms with Gasteiger partial charge in [-0.15, -0.1) is 0 Å². The molecule has 1 heterocycles. The zero-order chi connectivity index (χ0) is 12.0. The number of piperidine rings is 1. The Morgan fingerprint density at radius 3 is 2.44 bits per heavy atom. The van der Waals surface area contributed by atoms with Gasteiger partial charge in [-0.25, -0.2) is 0 Å². The molecule has 16 heavy (non-hydrogen) atoms. The number of nitrogens with zero attached hydrogens (tertiary/aromatic N) is 2. The third kappa shape index (κ3) is 5.23. The number of hydrogen-bond donors (Lipinski definition) is 1. The number of hydrogen-bond acceptors (Lipinski definition) is 3. The average Bonchev–Trinajstić information content (AvgIpc) is 2.25. The smallest absolute Gasteiger partial charge is 0.0727 e. The van der Waals surface area contributed by atoms with Crippen molar-refractivity contribution in [3.8, 4) is 0 Å². The summed E-state index contributed by atoms with van der Waals surface area (Å²) < 4.78 is 0. The summed E-state index contributed by atoms with van der Waals surface area (Å²) in [7, 11) is 4.37. The van der Waals surface area contributed by atoms with Crippen LogP contribution in [0.2, 0.25) is 0 Å². The van der Waals surface area contributed by atoms with E-state index in [1.54, 1.807) is 0 Å². The molecule has 1 rings (SSSR count). The van der Waals surface area contributed by atoms with Gasteiger partial charge < -0.3 is 15.5 Å². The van der Waals surface area contributed by atoms with Crippen LogP contribution < -0.4 is 5.73 Å². The van der Waals surface area contributed by atoms with Gasteiger partial charge in [0.1, 0.15) is 0 Å². The lowest BCUT2D eigenvalue weighted by atomic mass is 10.0.